The lowest BCUT2D eigenvalue weighted by Crippen LogP contribution is -2.39. The third-order valence-corrected chi connectivity index (χ3v) is 5.01. The summed E-state index contributed by atoms with van der Waals surface area (Å²) < 4.78 is 0. The molecule has 0 spiro atoms. The lowest BCUT2D eigenvalue weighted by Gasteiger charge is -2.28. The molecule has 2 aliphatic heterocycles. The van der Waals surface area contributed by atoms with Gasteiger partial charge in [-0.2, -0.15) is 0 Å². The van der Waals surface area contributed by atoms with Crippen molar-refractivity contribution >= 4 is 29.1 Å². The molecule has 6 heteroatoms. The molecule has 2 atom stereocenters. The minimum atomic E-state index is -0.261. The second-order valence-electron chi connectivity index (χ2n) is 6.50. The van der Waals surface area contributed by atoms with Gasteiger partial charge in [-0.1, -0.05) is 11.6 Å². The van der Waals surface area contributed by atoms with Crippen molar-refractivity contribution in [1.29, 1.82) is 0 Å². The standard InChI is InChI=1S/C17H22ClN3O2/c1-19-17(23)14-9-11(18)2-5-15(14)21-16(22)8-10-6-12-3-4-13(7-10)20-12/h2,5,9-10,12-13,20H,3-4,6-8H2,1H3,(H,19,23)(H,21,22). The summed E-state index contributed by atoms with van der Waals surface area (Å²) in [5, 5.41) is 9.49. The molecule has 2 fully saturated rings. The number of hydrogen-bond acceptors (Lipinski definition) is 3. The van der Waals surface area contributed by atoms with E-state index in [0.29, 0.717) is 40.7 Å². The second-order valence-corrected chi connectivity index (χ2v) is 6.93. The van der Waals surface area contributed by atoms with Gasteiger partial charge in [-0.05, 0) is 49.8 Å². The van der Waals surface area contributed by atoms with E-state index in [4.69, 9.17) is 11.6 Å². The zero-order valence-corrected chi connectivity index (χ0v) is 14.0. The summed E-state index contributed by atoms with van der Waals surface area (Å²) in [4.78, 5) is 24.3. The molecule has 2 amide bonds. The fraction of sp³-hybridized carbons (Fsp3) is 0.529. The lowest BCUT2D eigenvalue weighted by atomic mass is 9.89. The van der Waals surface area contributed by atoms with Crippen molar-refractivity contribution in [3.63, 3.8) is 0 Å². The molecule has 0 aromatic heterocycles. The summed E-state index contributed by atoms with van der Waals surface area (Å²) in [5.41, 5.74) is 0.898. The van der Waals surface area contributed by atoms with E-state index < -0.39 is 0 Å². The summed E-state index contributed by atoms with van der Waals surface area (Å²) in [5.74, 6) is 0.121. The summed E-state index contributed by atoms with van der Waals surface area (Å²) in [6, 6.07) is 6.07. The van der Waals surface area contributed by atoms with Crippen molar-refractivity contribution in [2.45, 2.75) is 44.2 Å². The molecule has 1 aromatic carbocycles. The van der Waals surface area contributed by atoms with Gasteiger partial charge in [-0.25, -0.2) is 0 Å². The van der Waals surface area contributed by atoms with Crippen LogP contribution < -0.4 is 16.0 Å². The Kier molecular flexibility index (Phi) is 4.87. The van der Waals surface area contributed by atoms with Gasteiger partial charge in [0.05, 0.1) is 11.3 Å². The van der Waals surface area contributed by atoms with Gasteiger partial charge in [0.25, 0.3) is 5.91 Å². The number of hydrogen-bond donors (Lipinski definition) is 3. The molecule has 2 bridgehead atoms. The number of piperidine rings is 1. The predicted molar refractivity (Wildman–Crippen MR) is 90.8 cm³/mol. The van der Waals surface area contributed by atoms with Crippen molar-refractivity contribution in [3.8, 4) is 0 Å². The van der Waals surface area contributed by atoms with Crippen LogP contribution in [0.2, 0.25) is 5.02 Å². The maximum atomic E-state index is 12.4. The molecule has 3 N–H and O–H groups in total. The Hall–Kier alpha value is -1.59. The number of amides is 2. The van der Waals surface area contributed by atoms with E-state index in [1.54, 1.807) is 25.2 Å². The van der Waals surface area contributed by atoms with Gasteiger partial charge >= 0.3 is 0 Å². The predicted octanol–water partition coefficient (Wildman–Crippen LogP) is 2.56. The summed E-state index contributed by atoms with van der Waals surface area (Å²) in [6.07, 6.45) is 5.08. The summed E-state index contributed by atoms with van der Waals surface area (Å²) in [7, 11) is 1.56. The quantitative estimate of drug-likeness (QED) is 0.792. The Labute approximate surface area is 141 Å². The molecule has 23 heavy (non-hydrogen) atoms. The van der Waals surface area contributed by atoms with Gasteiger partial charge in [0.2, 0.25) is 5.91 Å². The average Bonchev–Trinajstić information content (AvgIpc) is 2.87. The molecular weight excluding hydrogens is 314 g/mol. The van der Waals surface area contributed by atoms with Crippen molar-refractivity contribution < 1.29 is 9.59 Å². The number of carbonyl (C=O) groups is 2. The van der Waals surface area contributed by atoms with E-state index in [9.17, 15) is 9.59 Å². The second kappa shape index (κ2) is 6.89. The van der Waals surface area contributed by atoms with Gasteiger partial charge in [0.15, 0.2) is 0 Å². The van der Waals surface area contributed by atoms with Crippen LogP contribution >= 0.6 is 11.6 Å². The highest BCUT2D eigenvalue weighted by atomic mass is 35.5. The van der Waals surface area contributed by atoms with Crippen LogP contribution in [0.4, 0.5) is 5.69 Å². The minimum Gasteiger partial charge on any atom is -0.355 e. The van der Waals surface area contributed by atoms with Crippen LogP contribution in [0.3, 0.4) is 0 Å². The van der Waals surface area contributed by atoms with Gasteiger partial charge in [-0.3, -0.25) is 9.59 Å². The Morgan fingerprint density at radius 3 is 2.61 bits per heavy atom. The zero-order chi connectivity index (χ0) is 16.4. The SMILES string of the molecule is CNC(=O)c1cc(Cl)ccc1NC(=O)CC1CC2CCC(C1)N2. The molecule has 1 aromatic rings. The molecule has 124 valence electrons. The molecule has 2 heterocycles. The van der Waals surface area contributed by atoms with Gasteiger partial charge in [0.1, 0.15) is 0 Å². The van der Waals surface area contributed by atoms with Crippen LogP contribution in [0, 0.1) is 5.92 Å². The number of nitrogens with one attached hydrogen (secondary N) is 3. The van der Waals surface area contributed by atoms with Crippen molar-refractivity contribution in [2.75, 3.05) is 12.4 Å². The maximum absolute atomic E-state index is 12.4. The first-order chi connectivity index (χ1) is 11.0. The zero-order valence-electron chi connectivity index (χ0n) is 13.2. The van der Waals surface area contributed by atoms with E-state index in [1.165, 1.54) is 12.8 Å². The Morgan fingerprint density at radius 1 is 1.26 bits per heavy atom. The molecule has 2 saturated heterocycles. The van der Waals surface area contributed by atoms with Gasteiger partial charge < -0.3 is 16.0 Å². The minimum absolute atomic E-state index is 0.0382. The molecule has 5 nitrogen and oxygen atoms in total. The largest absolute Gasteiger partial charge is 0.355 e. The number of halogens is 1. The van der Waals surface area contributed by atoms with E-state index in [1.807, 2.05) is 0 Å². The fourth-order valence-corrected chi connectivity index (χ4v) is 3.93. The van der Waals surface area contributed by atoms with Gasteiger partial charge in [0, 0.05) is 30.6 Å². The first-order valence-corrected chi connectivity index (χ1v) is 8.50. The van der Waals surface area contributed by atoms with E-state index in [-0.39, 0.29) is 11.8 Å². The van der Waals surface area contributed by atoms with E-state index in [2.05, 4.69) is 16.0 Å². The molecule has 0 saturated carbocycles. The van der Waals surface area contributed by atoms with Crippen molar-refractivity contribution in [3.05, 3.63) is 28.8 Å². The Bertz CT molecular complexity index is 608. The topological polar surface area (TPSA) is 70.2 Å². The average molecular weight is 336 g/mol. The first kappa shape index (κ1) is 16.3. The monoisotopic (exact) mass is 335 g/mol. The molecule has 0 aliphatic carbocycles. The van der Waals surface area contributed by atoms with Crippen LogP contribution in [-0.2, 0) is 4.79 Å². The van der Waals surface area contributed by atoms with E-state index in [0.717, 1.165) is 12.8 Å². The van der Waals surface area contributed by atoms with Crippen LogP contribution in [0.25, 0.3) is 0 Å². The van der Waals surface area contributed by atoms with Crippen LogP contribution in [0.1, 0.15) is 42.5 Å². The lowest BCUT2D eigenvalue weighted by molar-refractivity contribution is -0.117. The van der Waals surface area contributed by atoms with Crippen LogP contribution in [-0.4, -0.2) is 30.9 Å². The normalized spacial score (nSPS) is 25.9. The molecule has 2 unspecified atom stereocenters. The van der Waals surface area contributed by atoms with Crippen LogP contribution in [0.5, 0.6) is 0 Å². The van der Waals surface area contributed by atoms with Crippen LogP contribution in [0.15, 0.2) is 18.2 Å². The first-order valence-electron chi connectivity index (χ1n) is 8.12. The van der Waals surface area contributed by atoms with Crippen molar-refractivity contribution in [2.24, 2.45) is 5.92 Å². The fourth-order valence-electron chi connectivity index (χ4n) is 3.75. The maximum Gasteiger partial charge on any atom is 0.253 e. The molecular formula is C17H22ClN3O2. The van der Waals surface area contributed by atoms with Gasteiger partial charge in [-0.15, -0.1) is 0 Å². The number of carbonyl (C=O) groups excluding carboxylic acids is 2. The molecule has 2 aliphatic rings. The highest BCUT2D eigenvalue weighted by Crippen LogP contribution is 2.33. The highest BCUT2D eigenvalue weighted by molar-refractivity contribution is 6.31. The number of fused-ring (bicyclic) bond motifs is 2. The summed E-state index contributed by atoms with van der Waals surface area (Å²) >= 11 is 5.95. The third-order valence-electron chi connectivity index (χ3n) is 4.77. The molecule has 3 rings (SSSR count). The Morgan fingerprint density at radius 2 is 1.96 bits per heavy atom. The highest BCUT2D eigenvalue weighted by Gasteiger charge is 2.34. The Balaban J connectivity index is 1.65. The molecule has 0 radical (unpaired) electrons. The smallest absolute Gasteiger partial charge is 0.253 e. The van der Waals surface area contributed by atoms with Crippen molar-refractivity contribution in [1.82, 2.24) is 10.6 Å². The number of benzene rings is 1. The number of anilines is 1. The number of rotatable bonds is 4. The summed E-state index contributed by atoms with van der Waals surface area (Å²) in [6.45, 7) is 0. The third kappa shape index (κ3) is 3.85. The van der Waals surface area contributed by atoms with E-state index >= 15 is 0 Å².